The van der Waals surface area contributed by atoms with E-state index in [4.69, 9.17) is 0 Å². The summed E-state index contributed by atoms with van der Waals surface area (Å²) < 4.78 is 51.0. The fourth-order valence-electron chi connectivity index (χ4n) is 2.13. The Hall–Kier alpha value is -1.14. The number of halogens is 4. The summed E-state index contributed by atoms with van der Waals surface area (Å²) in [5.74, 6) is -0.859. The van der Waals surface area contributed by atoms with Gasteiger partial charge in [0.05, 0.1) is 5.56 Å². The Morgan fingerprint density at radius 1 is 1.10 bits per heavy atom. The van der Waals surface area contributed by atoms with E-state index >= 15 is 0 Å². The van der Waals surface area contributed by atoms with Crippen molar-refractivity contribution in [3.05, 3.63) is 35.1 Å². The van der Waals surface area contributed by atoms with Crippen LogP contribution in [0.15, 0.2) is 18.2 Å². The molecule has 120 valence electrons. The number of rotatable bonds is 8. The highest BCUT2D eigenvalue weighted by molar-refractivity contribution is 5.26. The third-order valence-corrected chi connectivity index (χ3v) is 3.21. The summed E-state index contributed by atoms with van der Waals surface area (Å²) in [6, 6.07) is 2.63. The third kappa shape index (κ3) is 6.44. The van der Waals surface area contributed by atoms with Gasteiger partial charge in [-0.3, -0.25) is 0 Å². The zero-order valence-corrected chi connectivity index (χ0v) is 12.4. The molecule has 0 fully saturated rings. The molecule has 1 aromatic rings. The number of hydrogen-bond acceptors (Lipinski definition) is 2. The number of nitrogens with zero attached hydrogens (tertiary/aromatic N) is 1. The van der Waals surface area contributed by atoms with Crippen LogP contribution in [0.25, 0.3) is 0 Å². The molecule has 0 aliphatic carbocycles. The Balaban J connectivity index is 2.50. The second-order valence-electron chi connectivity index (χ2n) is 4.96. The molecule has 0 aliphatic rings. The lowest BCUT2D eigenvalue weighted by atomic mass is 10.1. The van der Waals surface area contributed by atoms with Gasteiger partial charge in [-0.25, -0.2) is 4.39 Å². The molecule has 0 atom stereocenters. The van der Waals surface area contributed by atoms with Crippen LogP contribution in [-0.2, 0) is 12.7 Å². The Morgan fingerprint density at radius 3 is 2.38 bits per heavy atom. The molecule has 21 heavy (non-hydrogen) atoms. The van der Waals surface area contributed by atoms with E-state index in [1.165, 1.54) is 0 Å². The van der Waals surface area contributed by atoms with Crippen LogP contribution >= 0.6 is 0 Å². The van der Waals surface area contributed by atoms with Gasteiger partial charge < -0.3 is 10.2 Å². The van der Waals surface area contributed by atoms with Gasteiger partial charge in [0.15, 0.2) is 0 Å². The van der Waals surface area contributed by atoms with Crippen molar-refractivity contribution in [1.82, 2.24) is 10.2 Å². The molecule has 6 heteroatoms. The van der Waals surface area contributed by atoms with E-state index in [1.807, 2.05) is 0 Å². The van der Waals surface area contributed by atoms with E-state index in [-0.39, 0.29) is 6.54 Å². The molecule has 2 nitrogen and oxygen atoms in total. The number of hydrogen-bond donors (Lipinski definition) is 1. The van der Waals surface area contributed by atoms with E-state index in [2.05, 4.69) is 24.1 Å². The summed E-state index contributed by atoms with van der Waals surface area (Å²) in [5, 5.41) is 3.06. The molecule has 0 bridgehead atoms. The van der Waals surface area contributed by atoms with Gasteiger partial charge in [0, 0.05) is 19.6 Å². The largest absolute Gasteiger partial charge is 0.416 e. The Labute approximate surface area is 123 Å². The van der Waals surface area contributed by atoms with E-state index in [9.17, 15) is 17.6 Å². The maximum Gasteiger partial charge on any atom is 0.416 e. The summed E-state index contributed by atoms with van der Waals surface area (Å²) in [6.45, 7) is 7.81. The van der Waals surface area contributed by atoms with Crippen LogP contribution in [-0.4, -0.2) is 31.1 Å². The topological polar surface area (TPSA) is 15.3 Å². The van der Waals surface area contributed by atoms with Gasteiger partial charge in [0.1, 0.15) is 5.82 Å². The highest BCUT2D eigenvalue weighted by Gasteiger charge is 2.31. The van der Waals surface area contributed by atoms with Crippen LogP contribution in [0.3, 0.4) is 0 Å². The summed E-state index contributed by atoms with van der Waals surface area (Å²) in [6.07, 6.45) is -3.45. The molecule has 0 radical (unpaired) electrons. The Kier molecular flexibility index (Phi) is 7.11. The zero-order chi connectivity index (χ0) is 15.9. The summed E-state index contributed by atoms with van der Waals surface area (Å²) >= 11 is 0. The van der Waals surface area contributed by atoms with E-state index in [1.54, 1.807) is 0 Å². The Bertz CT molecular complexity index is 432. The minimum atomic E-state index is -4.52. The quantitative estimate of drug-likeness (QED) is 0.582. The summed E-state index contributed by atoms with van der Waals surface area (Å²) in [7, 11) is 0. The van der Waals surface area contributed by atoms with Crippen LogP contribution in [0.4, 0.5) is 17.6 Å². The summed E-state index contributed by atoms with van der Waals surface area (Å²) in [5.41, 5.74) is -0.638. The van der Waals surface area contributed by atoms with Crippen molar-refractivity contribution in [3.8, 4) is 0 Å². The van der Waals surface area contributed by atoms with E-state index in [0.717, 1.165) is 38.2 Å². The first-order chi connectivity index (χ1) is 9.86. The monoisotopic (exact) mass is 306 g/mol. The van der Waals surface area contributed by atoms with Gasteiger partial charge in [-0.2, -0.15) is 13.2 Å². The van der Waals surface area contributed by atoms with Gasteiger partial charge in [0.2, 0.25) is 0 Å². The van der Waals surface area contributed by atoms with Crippen molar-refractivity contribution in [2.24, 2.45) is 0 Å². The molecular formula is C15H22F4N2. The first kappa shape index (κ1) is 17.9. The van der Waals surface area contributed by atoms with Crippen molar-refractivity contribution in [1.29, 1.82) is 0 Å². The zero-order valence-electron chi connectivity index (χ0n) is 12.4. The molecule has 1 rings (SSSR count). The number of nitrogens with one attached hydrogen (secondary N) is 1. The molecule has 0 saturated heterocycles. The fourth-order valence-corrected chi connectivity index (χ4v) is 2.13. The van der Waals surface area contributed by atoms with Crippen LogP contribution in [0, 0.1) is 5.82 Å². The smallest absolute Gasteiger partial charge is 0.311 e. The second kappa shape index (κ2) is 8.34. The van der Waals surface area contributed by atoms with Crippen molar-refractivity contribution < 1.29 is 17.6 Å². The number of likely N-dealkylation sites (N-methyl/N-ethyl adjacent to an activating group) is 1. The molecule has 0 spiro atoms. The van der Waals surface area contributed by atoms with Gasteiger partial charge >= 0.3 is 6.18 Å². The van der Waals surface area contributed by atoms with Crippen LogP contribution < -0.4 is 5.32 Å². The minimum Gasteiger partial charge on any atom is -0.311 e. The SMILES string of the molecule is CCCN(CC)CCNCc1cc(F)cc(C(F)(F)F)c1. The predicted octanol–water partition coefficient (Wildman–Crippen LogP) is 3.67. The first-order valence-corrected chi connectivity index (χ1v) is 7.16. The van der Waals surface area contributed by atoms with E-state index < -0.39 is 17.6 Å². The molecular weight excluding hydrogens is 284 g/mol. The highest BCUT2D eigenvalue weighted by atomic mass is 19.4. The van der Waals surface area contributed by atoms with Gasteiger partial charge in [-0.1, -0.05) is 13.8 Å². The maximum absolute atomic E-state index is 13.2. The van der Waals surface area contributed by atoms with Crippen molar-refractivity contribution >= 4 is 0 Å². The van der Waals surface area contributed by atoms with Crippen molar-refractivity contribution in [2.45, 2.75) is 33.0 Å². The first-order valence-electron chi connectivity index (χ1n) is 7.16. The normalized spacial score (nSPS) is 12.1. The molecule has 0 unspecified atom stereocenters. The van der Waals surface area contributed by atoms with Gasteiger partial charge in [-0.05, 0) is 43.3 Å². The van der Waals surface area contributed by atoms with Crippen molar-refractivity contribution in [3.63, 3.8) is 0 Å². The second-order valence-corrected chi connectivity index (χ2v) is 4.96. The standard InChI is InChI=1S/C15H22F4N2/c1-3-6-21(4-2)7-5-20-11-12-8-13(15(17,18)19)10-14(16)9-12/h8-10,20H,3-7,11H2,1-2H3. The molecule has 0 aliphatic heterocycles. The van der Waals surface area contributed by atoms with E-state index in [0.29, 0.717) is 18.2 Å². The Morgan fingerprint density at radius 2 is 1.81 bits per heavy atom. The highest BCUT2D eigenvalue weighted by Crippen LogP contribution is 2.30. The molecule has 0 heterocycles. The fraction of sp³-hybridized carbons (Fsp3) is 0.600. The van der Waals surface area contributed by atoms with Crippen molar-refractivity contribution in [2.75, 3.05) is 26.2 Å². The number of benzene rings is 1. The summed E-state index contributed by atoms with van der Waals surface area (Å²) in [4.78, 5) is 2.25. The van der Waals surface area contributed by atoms with Crippen LogP contribution in [0.5, 0.6) is 0 Å². The average molecular weight is 306 g/mol. The molecule has 0 saturated carbocycles. The lowest BCUT2D eigenvalue weighted by Gasteiger charge is -2.19. The molecule has 1 N–H and O–H groups in total. The molecule has 0 amide bonds. The number of alkyl halides is 3. The molecule has 1 aromatic carbocycles. The minimum absolute atomic E-state index is 0.227. The average Bonchev–Trinajstić information content (AvgIpc) is 2.40. The third-order valence-electron chi connectivity index (χ3n) is 3.21. The maximum atomic E-state index is 13.2. The lowest BCUT2D eigenvalue weighted by molar-refractivity contribution is -0.137. The predicted molar refractivity (Wildman–Crippen MR) is 75.5 cm³/mol. The molecule has 0 aromatic heterocycles. The van der Waals surface area contributed by atoms with Gasteiger partial charge in [-0.15, -0.1) is 0 Å². The van der Waals surface area contributed by atoms with Crippen LogP contribution in [0.1, 0.15) is 31.4 Å². The van der Waals surface area contributed by atoms with Crippen LogP contribution in [0.2, 0.25) is 0 Å². The lowest BCUT2D eigenvalue weighted by Crippen LogP contribution is -2.32. The van der Waals surface area contributed by atoms with Gasteiger partial charge in [0.25, 0.3) is 0 Å².